The van der Waals surface area contributed by atoms with Gasteiger partial charge in [0.15, 0.2) is 0 Å². The van der Waals surface area contributed by atoms with E-state index in [1.807, 2.05) is 58.0 Å². The van der Waals surface area contributed by atoms with Crippen molar-refractivity contribution in [3.05, 3.63) is 70.8 Å². The minimum Gasteiger partial charge on any atom is -0.390 e. The first kappa shape index (κ1) is 36.0. The van der Waals surface area contributed by atoms with Gasteiger partial charge in [-0.05, 0) is 55.9 Å². The van der Waals surface area contributed by atoms with Crippen LogP contribution in [0.5, 0.6) is 0 Å². The van der Waals surface area contributed by atoms with Gasteiger partial charge in [-0.2, -0.15) is 0 Å². The second-order valence-electron chi connectivity index (χ2n) is 11.1. The molecule has 0 aliphatic carbocycles. The van der Waals surface area contributed by atoms with Crippen LogP contribution in [0.2, 0.25) is 0 Å². The van der Waals surface area contributed by atoms with E-state index in [0.717, 1.165) is 18.4 Å². The van der Waals surface area contributed by atoms with Crippen molar-refractivity contribution in [3.8, 4) is 11.8 Å². The highest BCUT2D eigenvalue weighted by molar-refractivity contribution is 7.89. The number of benzene rings is 2. The van der Waals surface area contributed by atoms with Crippen LogP contribution in [0.15, 0.2) is 48.5 Å². The van der Waals surface area contributed by atoms with E-state index in [9.17, 15) is 23.1 Å². The molecule has 10 heteroatoms. The molecule has 43 heavy (non-hydrogen) atoms. The molecule has 2 aromatic carbocycles. The minimum absolute atomic E-state index is 0.0420. The third-order valence-corrected chi connectivity index (χ3v) is 8.32. The number of amides is 2. The number of nitrogens with zero attached hydrogens (tertiary/aromatic N) is 2. The number of hydrogen-bond donors (Lipinski definition) is 3. The van der Waals surface area contributed by atoms with Gasteiger partial charge in [0.2, 0.25) is 10.0 Å². The lowest BCUT2D eigenvalue weighted by Crippen LogP contribution is -2.53. The average molecular weight is 613 g/mol. The quantitative estimate of drug-likeness (QED) is 0.185. The van der Waals surface area contributed by atoms with Crippen LogP contribution in [0.3, 0.4) is 0 Å². The first-order chi connectivity index (χ1) is 20.4. The van der Waals surface area contributed by atoms with Gasteiger partial charge in [0.1, 0.15) is 0 Å². The molecule has 2 unspecified atom stereocenters. The van der Waals surface area contributed by atoms with Crippen LogP contribution < -0.4 is 10.1 Å². The predicted octanol–water partition coefficient (Wildman–Crippen LogP) is 3.83. The number of rotatable bonds is 17. The van der Waals surface area contributed by atoms with Crippen molar-refractivity contribution in [2.75, 3.05) is 31.9 Å². The Morgan fingerprint density at radius 1 is 0.977 bits per heavy atom. The summed E-state index contributed by atoms with van der Waals surface area (Å²) in [5.74, 6) is 5.07. The standard InChI is InChI=1S/C33H48N4O5S/c1-7-14-27-19-28(22-29(20-27)33(40)36(17-8-2)18-9-3)32(39)34-30(21-26-15-12-11-13-16-26)31(38)23-37(10-4)35-43(41,42)24-25(5)6/h11-13,15-16,19-20,22,25,30-31,35,38H,8-10,17-18,21,23-24H2,1-6H3,(H,34,39). The van der Waals surface area contributed by atoms with Crippen molar-refractivity contribution in [1.82, 2.24) is 20.1 Å². The fraction of sp³-hybridized carbons (Fsp3) is 0.515. The van der Waals surface area contributed by atoms with Crippen LogP contribution in [0.25, 0.3) is 0 Å². The van der Waals surface area contributed by atoms with Crippen LogP contribution in [0.1, 0.15) is 86.2 Å². The molecule has 0 heterocycles. The van der Waals surface area contributed by atoms with E-state index in [0.29, 0.717) is 37.2 Å². The lowest BCUT2D eigenvalue weighted by atomic mass is 9.99. The van der Waals surface area contributed by atoms with Crippen LogP contribution >= 0.6 is 0 Å². The molecule has 2 aromatic rings. The fourth-order valence-electron chi connectivity index (χ4n) is 4.80. The Kier molecular flexibility index (Phi) is 14.9. The van der Waals surface area contributed by atoms with Gasteiger partial charge in [-0.1, -0.05) is 70.9 Å². The van der Waals surface area contributed by atoms with Gasteiger partial charge in [-0.25, -0.2) is 13.4 Å². The predicted molar refractivity (Wildman–Crippen MR) is 172 cm³/mol. The number of aliphatic hydroxyl groups excluding tert-OH is 1. The van der Waals surface area contributed by atoms with Crippen LogP contribution in [-0.2, 0) is 16.4 Å². The first-order valence-electron chi connectivity index (χ1n) is 15.1. The molecule has 3 N–H and O–H groups in total. The van der Waals surface area contributed by atoms with Gasteiger partial charge < -0.3 is 15.3 Å². The molecule has 0 aromatic heterocycles. The Bertz CT molecular complexity index is 1350. The molecule has 2 atom stereocenters. The highest BCUT2D eigenvalue weighted by atomic mass is 32.2. The zero-order valence-corrected chi connectivity index (χ0v) is 27.2. The third kappa shape index (κ3) is 12.1. The number of hydrazine groups is 1. The molecule has 0 fully saturated rings. The number of carbonyl (C=O) groups excluding carboxylic acids is 2. The molecule has 0 radical (unpaired) electrons. The van der Waals surface area contributed by atoms with Crippen molar-refractivity contribution >= 4 is 21.8 Å². The summed E-state index contributed by atoms with van der Waals surface area (Å²) in [5, 5.41) is 15.7. The molecule has 9 nitrogen and oxygen atoms in total. The molecular formula is C33H48N4O5S. The Hall–Kier alpha value is -3.23. The lowest BCUT2D eigenvalue weighted by Gasteiger charge is -2.30. The van der Waals surface area contributed by atoms with Crippen LogP contribution in [-0.4, -0.2) is 79.3 Å². The summed E-state index contributed by atoms with van der Waals surface area (Å²) in [7, 11) is -3.60. The summed E-state index contributed by atoms with van der Waals surface area (Å²) >= 11 is 0. The Morgan fingerprint density at radius 3 is 2.16 bits per heavy atom. The maximum absolute atomic E-state index is 13.7. The number of likely N-dealkylation sites (N-methyl/N-ethyl adjacent to an activating group) is 1. The highest BCUT2D eigenvalue weighted by Crippen LogP contribution is 2.16. The number of nitrogens with one attached hydrogen (secondary N) is 2. The van der Waals surface area contributed by atoms with Crippen LogP contribution in [0.4, 0.5) is 0 Å². The maximum Gasteiger partial charge on any atom is 0.253 e. The van der Waals surface area contributed by atoms with Crippen molar-refractivity contribution in [2.24, 2.45) is 5.92 Å². The van der Waals surface area contributed by atoms with E-state index in [1.54, 1.807) is 36.9 Å². The minimum atomic E-state index is -3.60. The summed E-state index contributed by atoms with van der Waals surface area (Å²) in [5.41, 5.74) is 2.07. The highest BCUT2D eigenvalue weighted by Gasteiger charge is 2.27. The van der Waals surface area contributed by atoms with E-state index < -0.39 is 28.1 Å². The molecule has 236 valence electrons. The lowest BCUT2D eigenvalue weighted by molar-refractivity contribution is 0.0634. The van der Waals surface area contributed by atoms with E-state index in [-0.39, 0.29) is 29.7 Å². The van der Waals surface area contributed by atoms with Gasteiger partial charge >= 0.3 is 0 Å². The zero-order valence-electron chi connectivity index (χ0n) is 26.4. The Balaban J connectivity index is 2.39. The van der Waals surface area contributed by atoms with E-state index >= 15 is 0 Å². The number of sulfonamides is 1. The van der Waals surface area contributed by atoms with Crippen LogP contribution in [0, 0.1) is 17.8 Å². The van der Waals surface area contributed by atoms with Gasteiger partial charge in [-0.3, -0.25) is 9.59 Å². The first-order valence-corrected chi connectivity index (χ1v) is 16.7. The number of hydrogen-bond acceptors (Lipinski definition) is 6. The summed E-state index contributed by atoms with van der Waals surface area (Å²) < 4.78 is 25.1. The second kappa shape index (κ2) is 17.8. The molecule has 2 amide bonds. The molecule has 0 saturated carbocycles. The third-order valence-electron chi connectivity index (χ3n) is 6.68. The van der Waals surface area contributed by atoms with Gasteiger partial charge in [0, 0.05) is 42.9 Å². The van der Waals surface area contributed by atoms with Crippen molar-refractivity contribution in [3.63, 3.8) is 0 Å². The molecule has 0 aliphatic rings. The van der Waals surface area contributed by atoms with Gasteiger partial charge in [0.05, 0.1) is 17.9 Å². The fourth-order valence-corrected chi connectivity index (χ4v) is 6.34. The molecule has 0 aliphatic heterocycles. The average Bonchev–Trinajstić information content (AvgIpc) is 2.95. The number of carbonyl (C=O) groups is 2. The Morgan fingerprint density at radius 2 is 1.60 bits per heavy atom. The Labute approximate surface area is 258 Å². The summed E-state index contributed by atoms with van der Waals surface area (Å²) in [6.45, 7) is 12.6. The smallest absolute Gasteiger partial charge is 0.253 e. The van der Waals surface area contributed by atoms with E-state index in [4.69, 9.17) is 0 Å². The van der Waals surface area contributed by atoms with E-state index in [2.05, 4.69) is 22.0 Å². The molecular weight excluding hydrogens is 564 g/mol. The second-order valence-corrected chi connectivity index (χ2v) is 12.9. The zero-order chi connectivity index (χ0) is 32.0. The molecule has 2 rings (SSSR count). The normalized spacial score (nSPS) is 12.9. The molecule has 0 bridgehead atoms. The number of aliphatic hydroxyl groups is 1. The monoisotopic (exact) mass is 612 g/mol. The maximum atomic E-state index is 13.7. The summed E-state index contributed by atoms with van der Waals surface area (Å²) in [6, 6.07) is 13.6. The van der Waals surface area contributed by atoms with Gasteiger partial charge in [0.25, 0.3) is 11.8 Å². The van der Waals surface area contributed by atoms with Crippen molar-refractivity contribution in [2.45, 2.75) is 73.0 Å². The summed E-state index contributed by atoms with van der Waals surface area (Å²) in [4.78, 5) is 31.4. The molecule has 0 saturated heterocycles. The topological polar surface area (TPSA) is 119 Å². The SMILES string of the molecule is CC#Cc1cc(C(=O)NC(Cc2ccccc2)C(O)CN(CC)NS(=O)(=O)CC(C)C)cc(C(=O)N(CCC)CCC)c1. The summed E-state index contributed by atoms with van der Waals surface area (Å²) in [6.07, 6.45) is 0.824. The van der Waals surface area contributed by atoms with Crippen molar-refractivity contribution in [1.29, 1.82) is 0 Å². The van der Waals surface area contributed by atoms with Crippen molar-refractivity contribution < 1.29 is 23.1 Å². The van der Waals surface area contributed by atoms with Gasteiger partial charge in [-0.15, -0.1) is 10.8 Å². The van der Waals surface area contributed by atoms with E-state index in [1.165, 1.54) is 5.01 Å². The largest absolute Gasteiger partial charge is 0.390 e. The molecule has 0 spiro atoms.